The van der Waals surface area contributed by atoms with Gasteiger partial charge in [0.05, 0.1) is 6.61 Å². The van der Waals surface area contributed by atoms with Crippen LogP contribution in [0.25, 0.3) is 0 Å². The molecule has 0 aliphatic heterocycles. The molecule has 0 aromatic carbocycles. The van der Waals surface area contributed by atoms with Gasteiger partial charge in [-0.25, -0.2) is 0 Å². The van der Waals surface area contributed by atoms with Gasteiger partial charge in [-0.05, 0) is 6.92 Å². The second-order valence-corrected chi connectivity index (χ2v) is 1.12. The van der Waals surface area contributed by atoms with Gasteiger partial charge in [-0.3, -0.25) is 0 Å². The Labute approximate surface area is 82.3 Å². The minimum absolute atomic E-state index is 0. The van der Waals surface area contributed by atoms with Gasteiger partial charge < -0.3 is 6.53 Å². The minimum Gasteiger partial charge on any atom is -1.00 e. The molecular formula is C4H9KO. The van der Waals surface area contributed by atoms with E-state index in [9.17, 15) is 0 Å². The molecule has 0 unspecified atom stereocenters. The third-order valence-corrected chi connectivity index (χ3v) is 0.270. The monoisotopic (exact) mass is 112 g/mol. The van der Waals surface area contributed by atoms with E-state index in [1.165, 1.54) is 0 Å². The van der Waals surface area contributed by atoms with Crippen LogP contribution in [-0.4, -0.2) is 11.7 Å². The molecule has 0 heterocycles. The summed E-state index contributed by atoms with van der Waals surface area (Å²) in [6, 6.07) is 0. The summed E-state index contributed by atoms with van der Waals surface area (Å²) in [5, 5.41) is 8.04. The molecule has 1 nitrogen and oxygen atoms in total. The molecule has 0 saturated carbocycles. The van der Waals surface area contributed by atoms with Gasteiger partial charge in [0.15, 0.2) is 0 Å². The quantitative estimate of drug-likeness (QED) is 0.298. The normalized spacial score (nSPS) is 6.33. The van der Waals surface area contributed by atoms with Gasteiger partial charge in [-0.15, -0.1) is 0 Å². The summed E-state index contributed by atoms with van der Waals surface area (Å²) in [5.41, 5.74) is 0.810. The van der Waals surface area contributed by atoms with Crippen molar-refractivity contribution in [2.75, 3.05) is 6.61 Å². The van der Waals surface area contributed by atoms with E-state index in [0.29, 0.717) is 0 Å². The van der Waals surface area contributed by atoms with Crippen LogP contribution in [0.15, 0.2) is 12.2 Å². The first-order chi connectivity index (χ1) is 2.27. The average molecular weight is 112 g/mol. The molecule has 0 bridgehead atoms. The number of aliphatic hydroxyl groups is 1. The molecule has 0 spiro atoms. The number of rotatable bonds is 1. The van der Waals surface area contributed by atoms with Gasteiger partial charge >= 0.3 is 51.4 Å². The summed E-state index contributed by atoms with van der Waals surface area (Å²) in [6.07, 6.45) is 0. The van der Waals surface area contributed by atoms with Gasteiger partial charge in [-0.1, -0.05) is 12.2 Å². The fourth-order valence-electron chi connectivity index (χ4n) is 0. The summed E-state index contributed by atoms with van der Waals surface area (Å²) in [7, 11) is 0. The van der Waals surface area contributed by atoms with Crippen LogP contribution in [0.3, 0.4) is 0 Å². The zero-order valence-corrected chi connectivity index (χ0v) is 7.48. The molecule has 0 rings (SSSR count). The Kier molecular flexibility index (Phi) is 10.9. The Hall–Kier alpha value is 1.34. The van der Waals surface area contributed by atoms with Crippen LogP contribution in [0.5, 0.6) is 0 Å². The van der Waals surface area contributed by atoms with Crippen molar-refractivity contribution < 1.29 is 57.9 Å². The van der Waals surface area contributed by atoms with E-state index in [0.717, 1.165) is 5.57 Å². The molecule has 0 radical (unpaired) electrons. The molecule has 32 valence electrons. The standard InChI is InChI=1S/C4H8O.K.H/c1-4(2)3-5;;/h5H,1,3H2,2H3;;/q;+1;-1. The SMILES string of the molecule is C=C(C)CO.[H-].[K+]. The van der Waals surface area contributed by atoms with Crippen LogP contribution < -0.4 is 51.4 Å². The molecule has 6 heavy (non-hydrogen) atoms. The van der Waals surface area contributed by atoms with Crippen molar-refractivity contribution in [2.45, 2.75) is 6.92 Å². The van der Waals surface area contributed by atoms with Gasteiger partial charge in [0, 0.05) is 0 Å². The summed E-state index contributed by atoms with van der Waals surface area (Å²) < 4.78 is 0. The largest absolute Gasteiger partial charge is 1.00 e. The molecule has 0 saturated heterocycles. The summed E-state index contributed by atoms with van der Waals surface area (Å²) in [6.45, 7) is 5.31. The first kappa shape index (κ1) is 10.3. The Morgan fingerprint density at radius 2 is 2.17 bits per heavy atom. The van der Waals surface area contributed by atoms with Crippen LogP contribution >= 0.6 is 0 Å². The summed E-state index contributed by atoms with van der Waals surface area (Å²) in [4.78, 5) is 0. The van der Waals surface area contributed by atoms with Gasteiger partial charge in [0.1, 0.15) is 0 Å². The van der Waals surface area contributed by atoms with E-state index in [1.807, 2.05) is 0 Å². The van der Waals surface area contributed by atoms with Gasteiger partial charge in [0.2, 0.25) is 0 Å². The predicted molar refractivity (Wildman–Crippen MR) is 23.0 cm³/mol. The average Bonchev–Trinajstić information content (AvgIpc) is 1.38. The fourth-order valence-corrected chi connectivity index (χ4v) is 0. The van der Waals surface area contributed by atoms with E-state index in [4.69, 9.17) is 5.11 Å². The number of aliphatic hydroxyl groups excluding tert-OH is 1. The Balaban J connectivity index is -0.0000000800. The molecule has 1 N–H and O–H groups in total. The summed E-state index contributed by atoms with van der Waals surface area (Å²) >= 11 is 0. The molecule has 0 aromatic heterocycles. The van der Waals surface area contributed by atoms with Crippen molar-refractivity contribution in [2.24, 2.45) is 0 Å². The van der Waals surface area contributed by atoms with Crippen LogP contribution in [0, 0.1) is 0 Å². The summed E-state index contributed by atoms with van der Waals surface area (Å²) in [5.74, 6) is 0. The molecule has 0 fully saturated rings. The van der Waals surface area contributed by atoms with Crippen LogP contribution in [-0.2, 0) is 0 Å². The second kappa shape index (κ2) is 6.34. The van der Waals surface area contributed by atoms with Crippen molar-refractivity contribution >= 4 is 0 Å². The second-order valence-electron chi connectivity index (χ2n) is 1.12. The van der Waals surface area contributed by atoms with E-state index in [2.05, 4.69) is 6.58 Å². The topological polar surface area (TPSA) is 20.2 Å². The maximum Gasteiger partial charge on any atom is 1.00 e. The molecule has 2 heteroatoms. The predicted octanol–water partition coefficient (Wildman–Crippen LogP) is -2.33. The maximum atomic E-state index is 8.04. The Bertz CT molecular complexity index is 47.0. The molecular weight excluding hydrogens is 103 g/mol. The first-order valence-corrected chi connectivity index (χ1v) is 1.52. The third kappa shape index (κ3) is 9.01. The van der Waals surface area contributed by atoms with Crippen molar-refractivity contribution in [1.29, 1.82) is 0 Å². The van der Waals surface area contributed by atoms with Crippen LogP contribution in [0.1, 0.15) is 8.35 Å². The number of hydrogen-bond donors (Lipinski definition) is 1. The Morgan fingerprint density at radius 3 is 2.17 bits per heavy atom. The smallest absolute Gasteiger partial charge is 1.00 e. The first-order valence-electron chi connectivity index (χ1n) is 1.52. The Morgan fingerprint density at radius 1 is 2.00 bits per heavy atom. The zero-order chi connectivity index (χ0) is 4.28. The maximum absolute atomic E-state index is 8.04. The molecule has 0 aliphatic rings. The van der Waals surface area contributed by atoms with Crippen molar-refractivity contribution in [3.63, 3.8) is 0 Å². The number of hydrogen-bond acceptors (Lipinski definition) is 1. The van der Waals surface area contributed by atoms with Gasteiger partial charge in [0.25, 0.3) is 0 Å². The van der Waals surface area contributed by atoms with E-state index >= 15 is 0 Å². The fraction of sp³-hybridized carbons (Fsp3) is 0.500. The molecule has 0 amide bonds. The van der Waals surface area contributed by atoms with Crippen molar-refractivity contribution in [3.8, 4) is 0 Å². The van der Waals surface area contributed by atoms with E-state index < -0.39 is 0 Å². The van der Waals surface area contributed by atoms with Crippen molar-refractivity contribution in [3.05, 3.63) is 12.2 Å². The molecule has 0 aromatic rings. The van der Waals surface area contributed by atoms with Crippen LogP contribution in [0.2, 0.25) is 0 Å². The third-order valence-electron chi connectivity index (χ3n) is 0.270. The molecule has 0 aliphatic carbocycles. The van der Waals surface area contributed by atoms with Gasteiger partial charge in [-0.2, -0.15) is 0 Å². The van der Waals surface area contributed by atoms with E-state index in [1.54, 1.807) is 6.92 Å². The van der Waals surface area contributed by atoms with Crippen LogP contribution in [0.4, 0.5) is 0 Å². The molecule has 0 atom stereocenters. The van der Waals surface area contributed by atoms with Crippen molar-refractivity contribution in [1.82, 2.24) is 0 Å². The minimum atomic E-state index is 0. The zero-order valence-electron chi connectivity index (χ0n) is 5.36. The van der Waals surface area contributed by atoms with E-state index in [-0.39, 0.29) is 59.4 Å².